The second-order valence-corrected chi connectivity index (χ2v) is 8.53. The summed E-state index contributed by atoms with van der Waals surface area (Å²) in [5.74, 6) is -0.0140. The average molecular weight is 353 g/mol. The number of benzene rings is 1. The molecule has 0 radical (unpaired) electrons. The lowest BCUT2D eigenvalue weighted by Crippen LogP contribution is -2.55. The summed E-state index contributed by atoms with van der Waals surface area (Å²) in [5, 5.41) is 2.90. The van der Waals surface area contributed by atoms with Gasteiger partial charge in [0.05, 0.1) is 10.9 Å². The van der Waals surface area contributed by atoms with E-state index in [0.29, 0.717) is 31.1 Å². The Kier molecular flexibility index (Phi) is 6.01. The van der Waals surface area contributed by atoms with Crippen LogP contribution >= 0.6 is 0 Å². The smallest absolute Gasteiger partial charge is 0.243 e. The van der Waals surface area contributed by atoms with Crippen LogP contribution in [0.15, 0.2) is 29.2 Å². The number of carbonyl (C=O) groups is 1. The number of sulfonamides is 1. The minimum atomic E-state index is -3.46. The number of nitrogens with zero attached hydrogens (tertiary/aromatic N) is 2. The zero-order chi connectivity index (χ0) is 17.9. The van der Waals surface area contributed by atoms with Crippen molar-refractivity contribution in [3.05, 3.63) is 29.8 Å². The first-order chi connectivity index (χ1) is 11.2. The molecule has 134 valence electrons. The minimum absolute atomic E-state index is 0.0140. The zero-order valence-electron chi connectivity index (χ0n) is 14.8. The fourth-order valence-corrected chi connectivity index (χ4v) is 4.18. The third kappa shape index (κ3) is 4.34. The van der Waals surface area contributed by atoms with Crippen molar-refractivity contribution in [2.45, 2.75) is 44.7 Å². The van der Waals surface area contributed by atoms with Gasteiger partial charge in [-0.3, -0.25) is 9.69 Å². The maximum Gasteiger partial charge on any atom is 0.243 e. The highest BCUT2D eigenvalue weighted by molar-refractivity contribution is 7.89. The van der Waals surface area contributed by atoms with Crippen molar-refractivity contribution in [1.29, 1.82) is 0 Å². The average Bonchev–Trinajstić information content (AvgIpc) is 2.54. The van der Waals surface area contributed by atoms with E-state index in [1.54, 1.807) is 12.1 Å². The summed E-state index contributed by atoms with van der Waals surface area (Å²) in [4.78, 5) is 14.5. The highest BCUT2D eigenvalue weighted by Crippen LogP contribution is 2.19. The van der Waals surface area contributed by atoms with E-state index in [-0.39, 0.29) is 18.0 Å². The molecular formula is C17H27N3O3S. The number of rotatable bonds is 5. The van der Waals surface area contributed by atoms with Gasteiger partial charge in [0.1, 0.15) is 0 Å². The SMILES string of the molecule is Cc1ccc(S(=O)(=O)N2CCN([C@@H](C)C(=O)NC(C)C)CC2)cc1. The fourth-order valence-electron chi connectivity index (χ4n) is 2.76. The van der Waals surface area contributed by atoms with Crippen molar-refractivity contribution in [1.82, 2.24) is 14.5 Å². The summed E-state index contributed by atoms with van der Waals surface area (Å²) in [6, 6.07) is 6.76. The van der Waals surface area contributed by atoms with Crippen molar-refractivity contribution in [3.8, 4) is 0 Å². The molecule has 1 aliphatic heterocycles. The largest absolute Gasteiger partial charge is 0.353 e. The van der Waals surface area contributed by atoms with Crippen molar-refractivity contribution in [2.75, 3.05) is 26.2 Å². The summed E-state index contributed by atoms with van der Waals surface area (Å²) in [6.45, 7) is 9.55. The predicted octanol–water partition coefficient (Wildman–Crippen LogP) is 1.21. The van der Waals surface area contributed by atoms with Crippen LogP contribution in [0.2, 0.25) is 0 Å². The van der Waals surface area contributed by atoms with Gasteiger partial charge in [0.25, 0.3) is 0 Å². The van der Waals surface area contributed by atoms with Crippen LogP contribution in [-0.4, -0.2) is 61.8 Å². The normalized spacial score (nSPS) is 18.5. The molecule has 0 aromatic heterocycles. The van der Waals surface area contributed by atoms with Gasteiger partial charge in [0.2, 0.25) is 15.9 Å². The molecular weight excluding hydrogens is 326 g/mol. The van der Waals surface area contributed by atoms with Crippen molar-refractivity contribution >= 4 is 15.9 Å². The molecule has 1 atom stereocenters. The molecule has 0 spiro atoms. The molecule has 24 heavy (non-hydrogen) atoms. The lowest BCUT2D eigenvalue weighted by Gasteiger charge is -2.37. The molecule has 0 saturated carbocycles. The standard InChI is InChI=1S/C17H27N3O3S/c1-13(2)18-17(21)15(4)19-9-11-20(12-10-19)24(22,23)16-7-5-14(3)6-8-16/h5-8,13,15H,9-12H2,1-4H3,(H,18,21)/t15-/m0/s1. The second-order valence-electron chi connectivity index (χ2n) is 6.59. The van der Waals surface area contributed by atoms with Gasteiger partial charge >= 0.3 is 0 Å². The zero-order valence-corrected chi connectivity index (χ0v) is 15.6. The molecule has 7 heteroatoms. The summed E-state index contributed by atoms with van der Waals surface area (Å²) in [5.41, 5.74) is 1.03. The van der Waals surface area contributed by atoms with E-state index in [4.69, 9.17) is 0 Å². The molecule has 1 heterocycles. The molecule has 2 rings (SSSR count). The van der Waals surface area contributed by atoms with Crippen LogP contribution in [0.4, 0.5) is 0 Å². The number of aryl methyl sites for hydroxylation is 1. The maximum absolute atomic E-state index is 12.7. The summed E-state index contributed by atoms with van der Waals surface area (Å²) >= 11 is 0. The molecule has 6 nitrogen and oxygen atoms in total. The van der Waals surface area contributed by atoms with E-state index in [1.807, 2.05) is 44.7 Å². The molecule has 1 aromatic carbocycles. The molecule has 0 unspecified atom stereocenters. The fraction of sp³-hybridized carbons (Fsp3) is 0.588. The van der Waals surface area contributed by atoms with Crippen molar-refractivity contribution in [3.63, 3.8) is 0 Å². The molecule has 1 amide bonds. The highest BCUT2D eigenvalue weighted by atomic mass is 32.2. The first-order valence-electron chi connectivity index (χ1n) is 8.33. The van der Waals surface area contributed by atoms with E-state index < -0.39 is 10.0 Å². The van der Waals surface area contributed by atoms with Gasteiger partial charge < -0.3 is 5.32 Å². The van der Waals surface area contributed by atoms with Crippen molar-refractivity contribution < 1.29 is 13.2 Å². The van der Waals surface area contributed by atoms with Crippen molar-refractivity contribution in [2.24, 2.45) is 0 Å². The topological polar surface area (TPSA) is 69.7 Å². The Labute approximate surface area is 144 Å². The van der Waals surface area contributed by atoms with Crippen LogP contribution < -0.4 is 5.32 Å². The molecule has 1 aliphatic rings. The van der Waals surface area contributed by atoms with Gasteiger partial charge in [-0.1, -0.05) is 17.7 Å². The van der Waals surface area contributed by atoms with Gasteiger partial charge in [0.15, 0.2) is 0 Å². The van der Waals surface area contributed by atoms with Gasteiger partial charge in [0, 0.05) is 32.2 Å². The van der Waals surface area contributed by atoms with E-state index >= 15 is 0 Å². The summed E-state index contributed by atoms with van der Waals surface area (Å²) < 4.78 is 26.9. The Hall–Kier alpha value is -1.44. The van der Waals surface area contributed by atoms with Crippen LogP contribution in [-0.2, 0) is 14.8 Å². The molecule has 1 fully saturated rings. The lowest BCUT2D eigenvalue weighted by molar-refractivity contribution is -0.126. The number of carbonyl (C=O) groups excluding carboxylic acids is 1. The van der Waals surface area contributed by atoms with Crippen LogP contribution in [0, 0.1) is 6.92 Å². The van der Waals surface area contributed by atoms with E-state index in [2.05, 4.69) is 5.32 Å². The molecule has 0 bridgehead atoms. The van der Waals surface area contributed by atoms with Crippen LogP contribution in [0.25, 0.3) is 0 Å². The first-order valence-corrected chi connectivity index (χ1v) is 9.77. The highest BCUT2D eigenvalue weighted by Gasteiger charge is 2.31. The first kappa shape index (κ1) is 18.9. The van der Waals surface area contributed by atoms with Gasteiger partial charge in [-0.05, 0) is 39.8 Å². The van der Waals surface area contributed by atoms with E-state index in [9.17, 15) is 13.2 Å². The lowest BCUT2D eigenvalue weighted by atomic mass is 10.2. The Morgan fingerprint density at radius 3 is 2.08 bits per heavy atom. The van der Waals surface area contributed by atoms with Gasteiger partial charge in [-0.25, -0.2) is 8.42 Å². The number of hydrogen-bond acceptors (Lipinski definition) is 4. The summed E-state index contributed by atoms with van der Waals surface area (Å²) in [7, 11) is -3.46. The monoisotopic (exact) mass is 353 g/mol. The minimum Gasteiger partial charge on any atom is -0.353 e. The molecule has 1 saturated heterocycles. The third-order valence-corrected chi connectivity index (χ3v) is 6.20. The number of amides is 1. The predicted molar refractivity (Wildman–Crippen MR) is 94.3 cm³/mol. The second kappa shape index (κ2) is 7.63. The Balaban J connectivity index is 1.99. The molecule has 1 aromatic rings. The number of nitrogens with one attached hydrogen (secondary N) is 1. The van der Waals surface area contributed by atoms with Gasteiger partial charge in [-0.2, -0.15) is 4.31 Å². The third-order valence-electron chi connectivity index (χ3n) is 4.29. The van der Waals surface area contributed by atoms with Crippen LogP contribution in [0.5, 0.6) is 0 Å². The van der Waals surface area contributed by atoms with E-state index in [0.717, 1.165) is 5.56 Å². The van der Waals surface area contributed by atoms with Gasteiger partial charge in [-0.15, -0.1) is 0 Å². The maximum atomic E-state index is 12.7. The molecule has 1 N–H and O–H groups in total. The Morgan fingerprint density at radius 1 is 1.04 bits per heavy atom. The molecule has 0 aliphatic carbocycles. The quantitative estimate of drug-likeness (QED) is 0.864. The van der Waals surface area contributed by atoms with Crippen LogP contribution in [0.3, 0.4) is 0 Å². The number of piperazine rings is 1. The van der Waals surface area contributed by atoms with Crippen LogP contribution in [0.1, 0.15) is 26.3 Å². The Morgan fingerprint density at radius 2 is 1.58 bits per heavy atom. The Bertz CT molecular complexity index is 663. The number of hydrogen-bond donors (Lipinski definition) is 1. The summed E-state index contributed by atoms with van der Waals surface area (Å²) in [6.07, 6.45) is 0. The van der Waals surface area contributed by atoms with E-state index in [1.165, 1.54) is 4.31 Å².